The quantitative estimate of drug-likeness (QED) is 0.670. The molecule has 0 heterocycles. The summed E-state index contributed by atoms with van der Waals surface area (Å²) in [6.07, 6.45) is 0. The summed E-state index contributed by atoms with van der Waals surface area (Å²) < 4.78 is 39.2. The van der Waals surface area contributed by atoms with Crippen molar-refractivity contribution in [1.29, 1.82) is 0 Å². The molecule has 1 radical (unpaired) electrons. The number of hydrogen-bond donors (Lipinski definition) is 0. The SMILES string of the molecule is Fc1ccc(-c2cc[c]cc2F)c(F)c1. The largest absolute Gasteiger partial charge is 0.207 e. The molecule has 0 N–H and O–H groups in total. The van der Waals surface area contributed by atoms with Crippen LogP contribution in [0.3, 0.4) is 0 Å². The molecule has 0 aliphatic carbocycles. The minimum atomic E-state index is -0.778. The van der Waals surface area contributed by atoms with Crippen LogP contribution in [-0.2, 0) is 0 Å². The molecule has 0 saturated carbocycles. The molecule has 15 heavy (non-hydrogen) atoms. The topological polar surface area (TPSA) is 0 Å². The predicted octanol–water partition coefficient (Wildman–Crippen LogP) is 3.57. The summed E-state index contributed by atoms with van der Waals surface area (Å²) >= 11 is 0. The first-order valence-corrected chi connectivity index (χ1v) is 4.29. The van der Waals surface area contributed by atoms with Crippen molar-refractivity contribution in [3.8, 4) is 11.1 Å². The van der Waals surface area contributed by atoms with Crippen LogP contribution in [0.25, 0.3) is 11.1 Å². The second kappa shape index (κ2) is 3.77. The molecule has 2 aromatic rings. The summed E-state index contributed by atoms with van der Waals surface area (Å²) in [5.41, 5.74) is 0.147. The van der Waals surface area contributed by atoms with Gasteiger partial charge in [0.15, 0.2) is 0 Å². The third kappa shape index (κ3) is 1.86. The molecule has 0 spiro atoms. The fourth-order valence-corrected chi connectivity index (χ4v) is 1.34. The molecular formula is C12H6F3. The molecular weight excluding hydrogens is 201 g/mol. The third-order valence-corrected chi connectivity index (χ3v) is 2.03. The van der Waals surface area contributed by atoms with Gasteiger partial charge in [-0.3, -0.25) is 0 Å². The Bertz CT molecular complexity index is 492. The van der Waals surface area contributed by atoms with Crippen LogP contribution in [0, 0.1) is 23.5 Å². The van der Waals surface area contributed by atoms with Crippen LogP contribution in [0.2, 0.25) is 0 Å². The minimum absolute atomic E-state index is 0.0444. The van der Waals surface area contributed by atoms with Crippen LogP contribution < -0.4 is 0 Å². The van der Waals surface area contributed by atoms with E-state index in [0.717, 1.165) is 18.2 Å². The van der Waals surface area contributed by atoms with Crippen molar-refractivity contribution in [2.75, 3.05) is 0 Å². The van der Waals surface area contributed by atoms with Crippen LogP contribution >= 0.6 is 0 Å². The van der Waals surface area contributed by atoms with Gasteiger partial charge in [0.25, 0.3) is 0 Å². The minimum Gasteiger partial charge on any atom is -0.207 e. The summed E-state index contributed by atoms with van der Waals surface area (Å²) in [6.45, 7) is 0. The Labute approximate surface area is 85.0 Å². The molecule has 0 atom stereocenters. The van der Waals surface area contributed by atoms with E-state index in [2.05, 4.69) is 6.07 Å². The molecule has 0 bridgehead atoms. The van der Waals surface area contributed by atoms with E-state index in [1.54, 1.807) is 0 Å². The van der Waals surface area contributed by atoms with Gasteiger partial charge in [-0.2, -0.15) is 0 Å². The van der Waals surface area contributed by atoms with Gasteiger partial charge in [0.1, 0.15) is 17.5 Å². The molecule has 0 amide bonds. The van der Waals surface area contributed by atoms with Gasteiger partial charge in [-0.1, -0.05) is 12.1 Å². The van der Waals surface area contributed by atoms with E-state index in [4.69, 9.17) is 0 Å². The van der Waals surface area contributed by atoms with E-state index in [1.165, 1.54) is 18.2 Å². The van der Waals surface area contributed by atoms with E-state index < -0.39 is 17.5 Å². The highest BCUT2D eigenvalue weighted by Gasteiger charge is 2.09. The zero-order chi connectivity index (χ0) is 10.8. The molecule has 0 saturated heterocycles. The molecule has 2 rings (SSSR count). The van der Waals surface area contributed by atoms with Crippen molar-refractivity contribution >= 4 is 0 Å². The molecule has 2 aromatic carbocycles. The molecule has 0 aromatic heterocycles. The first-order valence-electron chi connectivity index (χ1n) is 4.29. The average molecular weight is 207 g/mol. The maximum Gasteiger partial charge on any atom is 0.134 e. The highest BCUT2D eigenvalue weighted by Crippen LogP contribution is 2.25. The third-order valence-electron chi connectivity index (χ3n) is 2.03. The lowest BCUT2D eigenvalue weighted by Gasteiger charge is -2.04. The Hall–Kier alpha value is -1.77. The Kier molecular flexibility index (Phi) is 2.46. The maximum absolute atomic E-state index is 13.3. The Morgan fingerprint density at radius 3 is 2.27 bits per heavy atom. The number of halogens is 3. The zero-order valence-electron chi connectivity index (χ0n) is 7.60. The van der Waals surface area contributed by atoms with E-state index >= 15 is 0 Å². The second-order valence-corrected chi connectivity index (χ2v) is 3.03. The summed E-state index contributed by atoms with van der Waals surface area (Å²) in [7, 11) is 0. The summed E-state index contributed by atoms with van der Waals surface area (Å²) in [4.78, 5) is 0. The van der Waals surface area contributed by atoms with Crippen LogP contribution in [0.15, 0.2) is 36.4 Å². The standard InChI is InChI=1S/C12H6F3/c13-8-5-6-10(12(15)7-8)9-3-1-2-4-11(9)14/h1,3-7H. The number of hydrogen-bond acceptors (Lipinski definition) is 0. The maximum atomic E-state index is 13.3. The molecule has 0 nitrogen and oxygen atoms in total. The zero-order valence-corrected chi connectivity index (χ0v) is 7.60. The van der Waals surface area contributed by atoms with Crippen LogP contribution in [0.1, 0.15) is 0 Å². The van der Waals surface area contributed by atoms with Gasteiger partial charge in [-0.15, -0.1) is 0 Å². The van der Waals surface area contributed by atoms with Gasteiger partial charge in [-0.25, -0.2) is 13.2 Å². The van der Waals surface area contributed by atoms with Crippen molar-refractivity contribution < 1.29 is 13.2 Å². The molecule has 0 aliphatic rings. The van der Waals surface area contributed by atoms with Crippen LogP contribution in [0.5, 0.6) is 0 Å². The first-order chi connectivity index (χ1) is 7.18. The number of benzene rings is 2. The Balaban J connectivity index is 2.60. The lowest BCUT2D eigenvalue weighted by molar-refractivity contribution is 0.582. The van der Waals surface area contributed by atoms with Crippen molar-refractivity contribution in [3.05, 3.63) is 59.9 Å². The Morgan fingerprint density at radius 1 is 0.867 bits per heavy atom. The molecule has 0 fully saturated rings. The molecule has 0 aliphatic heterocycles. The van der Waals surface area contributed by atoms with Crippen LogP contribution in [0.4, 0.5) is 13.2 Å². The fraction of sp³-hybridized carbons (Fsp3) is 0. The van der Waals surface area contributed by atoms with Gasteiger partial charge in [0, 0.05) is 17.2 Å². The summed E-state index contributed by atoms with van der Waals surface area (Å²) in [5.74, 6) is -2.04. The number of rotatable bonds is 1. The lowest BCUT2D eigenvalue weighted by Crippen LogP contribution is -1.89. The van der Waals surface area contributed by atoms with Gasteiger partial charge in [-0.05, 0) is 24.3 Å². The average Bonchev–Trinajstić information content (AvgIpc) is 2.20. The summed E-state index contributed by atoms with van der Waals surface area (Å²) in [5, 5.41) is 0. The smallest absolute Gasteiger partial charge is 0.134 e. The summed E-state index contributed by atoms with van der Waals surface area (Å²) in [6, 6.07) is 9.54. The van der Waals surface area contributed by atoms with E-state index in [1.807, 2.05) is 0 Å². The fourth-order valence-electron chi connectivity index (χ4n) is 1.34. The van der Waals surface area contributed by atoms with E-state index in [0.29, 0.717) is 0 Å². The van der Waals surface area contributed by atoms with Crippen LogP contribution in [-0.4, -0.2) is 0 Å². The van der Waals surface area contributed by atoms with Crippen molar-refractivity contribution in [3.63, 3.8) is 0 Å². The highest BCUT2D eigenvalue weighted by molar-refractivity contribution is 5.64. The van der Waals surface area contributed by atoms with Crippen molar-refractivity contribution in [1.82, 2.24) is 0 Å². The highest BCUT2D eigenvalue weighted by atomic mass is 19.1. The normalized spacial score (nSPS) is 10.3. The molecule has 75 valence electrons. The van der Waals surface area contributed by atoms with E-state index in [-0.39, 0.29) is 11.1 Å². The van der Waals surface area contributed by atoms with E-state index in [9.17, 15) is 13.2 Å². The monoisotopic (exact) mass is 207 g/mol. The van der Waals surface area contributed by atoms with Gasteiger partial charge < -0.3 is 0 Å². The predicted molar refractivity (Wildman–Crippen MR) is 50.6 cm³/mol. The van der Waals surface area contributed by atoms with Gasteiger partial charge in [0.05, 0.1) is 0 Å². The van der Waals surface area contributed by atoms with Gasteiger partial charge >= 0.3 is 0 Å². The Morgan fingerprint density at radius 2 is 1.60 bits per heavy atom. The molecule has 0 unspecified atom stereocenters. The second-order valence-electron chi connectivity index (χ2n) is 3.03. The van der Waals surface area contributed by atoms with Crippen molar-refractivity contribution in [2.45, 2.75) is 0 Å². The first kappa shape index (κ1) is 9.77. The lowest BCUT2D eigenvalue weighted by atomic mass is 10.0. The molecule has 3 heteroatoms. The van der Waals surface area contributed by atoms with Gasteiger partial charge in [0.2, 0.25) is 0 Å². The van der Waals surface area contributed by atoms with Crippen molar-refractivity contribution in [2.24, 2.45) is 0 Å².